The van der Waals surface area contributed by atoms with Crippen LogP contribution < -0.4 is 10.6 Å². The summed E-state index contributed by atoms with van der Waals surface area (Å²) in [6, 6.07) is 0.843. The molecule has 2 N–H and O–H groups in total. The molecule has 5 nitrogen and oxygen atoms in total. The Balaban J connectivity index is 2.27. The Labute approximate surface area is 95.3 Å². The van der Waals surface area contributed by atoms with E-state index < -0.39 is 24.7 Å². The molecule has 0 saturated carbocycles. The first-order chi connectivity index (χ1) is 7.88. The highest BCUT2D eigenvalue weighted by atomic mass is 19.4. The molecule has 0 aliphatic heterocycles. The van der Waals surface area contributed by atoms with Crippen LogP contribution in [0.3, 0.4) is 0 Å². The molecule has 8 heteroatoms. The zero-order chi connectivity index (χ0) is 12.9. The molecule has 1 unspecified atom stereocenters. The van der Waals surface area contributed by atoms with Gasteiger partial charge in [-0.1, -0.05) is 5.16 Å². The zero-order valence-electron chi connectivity index (χ0n) is 9.04. The van der Waals surface area contributed by atoms with E-state index >= 15 is 0 Å². The number of amides is 1. The standard InChI is InChI=1S/C9H12F3N3O2/c1-6(8(16)14-5-9(10,11)12)13-4-7-2-3-15-17-7/h2-3,6,13H,4-5H2,1H3,(H,14,16). The fourth-order valence-electron chi connectivity index (χ4n) is 1.02. The summed E-state index contributed by atoms with van der Waals surface area (Å²) >= 11 is 0. The fourth-order valence-corrected chi connectivity index (χ4v) is 1.02. The van der Waals surface area contributed by atoms with Gasteiger partial charge in [0.1, 0.15) is 12.3 Å². The van der Waals surface area contributed by atoms with Crippen molar-refractivity contribution < 1.29 is 22.5 Å². The molecule has 1 rings (SSSR count). The number of alkyl halides is 3. The number of nitrogens with one attached hydrogen (secondary N) is 2. The lowest BCUT2D eigenvalue weighted by Crippen LogP contribution is -2.44. The number of aromatic nitrogens is 1. The van der Waals surface area contributed by atoms with Crippen LogP contribution in [-0.2, 0) is 11.3 Å². The minimum atomic E-state index is -4.40. The second kappa shape index (κ2) is 5.67. The zero-order valence-corrected chi connectivity index (χ0v) is 9.04. The lowest BCUT2D eigenvalue weighted by molar-refractivity contribution is -0.139. The predicted molar refractivity (Wildman–Crippen MR) is 51.9 cm³/mol. The van der Waals surface area contributed by atoms with E-state index in [0.29, 0.717) is 5.76 Å². The molecule has 1 aromatic rings. The topological polar surface area (TPSA) is 67.2 Å². The summed E-state index contributed by atoms with van der Waals surface area (Å²) in [4.78, 5) is 11.2. The Morgan fingerprint density at radius 2 is 2.29 bits per heavy atom. The van der Waals surface area contributed by atoms with Crippen molar-refractivity contribution in [3.63, 3.8) is 0 Å². The summed E-state index contributed by atoms with van der Waals surface area (Å²) in [6.45, 7) is 0.350. The van der Waals surface area contributed by atoms with E-state index in [0.717, 1.165) is 0 Å². The summed E-state index contributed by atoms with van der Waals surface area (Å²) in [7, 11) is 0. The smallest absolute Gasteiger partial charge is 0.360 e. The van der Waals surface area contributed by atoms with E-state index in [-0.39, 0.29) is 6.54 Å². The fraction of sp³-hybridized carbons (Fsp3) is 0.556. The number of hydrogen-bond donors (Lipinski definition) is 2. The Morgan fingerprint density at radius 1 is 1.59 bits per heavy atom. The molecular formula is C9H12F3N3O2. The molecule has 1 heterocycles. The molecule has 1 atom stereocenters. The van der Waals surface area contributed by atoms with Crippen LogP contribution in [0.4, 0.5) is 13.2 Å². The SMILES string of the molecule is CC(NCc1ccno1)C(=O)NCC(F)(F)F. The van der Waals surface area contributed by atoms with Gasteiger partial charge in [0, 0.05) is 6.07 Å². The van der Waals surface area contributed by atoms with Crippen molar-refractivity contribution in [3.05, 3.63) is 18.0 Å². The van der Waals surface area contributed by atoms with Crippen LogP contribution in [0.15, 0.2) is 16.8 Å². The van der Waals surface area contributed by atoms with Crippen molar-refractivity contribution in [3.8, 4) is 0 Å². The molecule has 0 spiro atoms. The third kappa shape index (κ3) is 5.34. The van der Waals surface area contributed by atoms with Gasteiger partial charge in [-0.25, -0.2) is 0 Å². The first-order valence-corrected chi connectivity index (χ1v) is 4.86. The van der Waals surface area contributed by atoms with E-state index in [2.05, 4.69) is 10.5 Å². The Hall–Kier alpha value is -1.57. The van der Waals surface area contributed by atoms with Crippen molar-refractivity contribution in [2.45, 2.75) is 25.7 Å². The minimum absolute atomic E-state index is 0.223. The second-order valence-corrected chi connectivity index (χ2v) is 3.41. The van der Waals surface area contributed by atoms with Gasteiger partial charge in [0.2, 0.25) is 5.91 Å². The summed E-state index contributed by atoms with van der Waals surface area (Å²) in [5, 5.41) is 7.94. The molecule has 1 amide bonds. The first kappa shape index (κ1) is 13.5. The second-order valence-electron chi connectivity index (χ2n) is 3.41. The lowest BCUT2D eigenvalue weighted by Gasteiger charge is -2.14. The summed E-state index contributed by atoms with van der Waals surface area (Å²) < 4.78 is 40.2. The van der Waals surface area contributed by atoms with Gasteiger partial charge < -0.3 is 9.84 Å². The highest BCUT2D eigenvalue weighted by molar-refractivity contribution is 5.81. The van der Waals surface area contributed by atoms with Crippen molar-refractivity contribution in [2.24, 2.45) is 0 Å². The number of carbonyl (C=O) groups is 1. The Bertz CT molecular complexity index is 351. The molecule has 17 heavy (non-hydrogen) atoms. The highest BCUT2D eigenvalue weighted by Crippen LogP contribution is 2.12. The summed E-state index contributed by atoms with van der Waals surface area (Å²) in [6.07, 6.45) is -2.97. The molecule has 0 aromatic carbocycles. The van der Waals surface area contributed by atoms with Crippen molar-refractivity contribution in [1.29, 1.82) is 0 Å². The third-order valence-electron chi connectivity index (χ3n) is 1.93. The van der Waals surface area contributed by atoms with Crippen LogP contribution in [0.5, 0.6) is 0 Å². The third-order valence-corrected chi connectivity index (χ3v) is 1.93. The average molecular weight is 251 g/mol. The molecular weight excluding hydrogens is 239 g/mol. The van der Waals surface area contributed by atoms with E-state index in [9.17, 15) is 18.0 Å². The van der Waals surface area contributed by atoms with E-state index in [1.165, 1.54) is 13.1 Å². The molecule has 0 aliphatic carbocycles. The average Bonchev–Trinajstić information content (AvgIpc) is 2.74. The van der Waals surface area contributed by atoms with E-state index in [4.69, 9.17) is 4.52 Å². The van der Waals surface area contributed by atoms with Crippen LogP contribution in [0, 0.1) is 0 Å². The van der Waals surface area contributed by atoms with Gasteiger partial charge in [-0.3, -0.25) is 10.1 Å². The van der Waals surface area contributed by atoms with Crippen LogP contribution in [0.25, 0.3) is 0 Å². The number of halogens is 3. The van der Waals surface area contributed by atoms with Crippen molar-refractivity contribution in [2.75, 3.05) is 6.54 Å². The van der Waals surface area contributed by atoms with Gasteiger partial charge in [0.05, 0.1) is 18.8 Å². The van der Waals surface area contributed by atoms with Gasteiger partial charge in [0.25, 0.3) is 0 Å². The summed E-state index contributed by atoms with van der Waals surface area (Å²) in [5.74, 6) is -0.220. The minimum Gasteiger partial charge on any atom is -0.360 e. The first-order valence-electron chi connectivity index (χ1n) is 4.86. The number of hydrogen-bond acceptors (Lipinski definition) is 4. The van der Waals surface area contributed by atoms with Crippen LogP contribution in [-0.4, -0.2) is 29.8 Å². The van der Waals surface area contributed by atoms with Gasteiger partial charge >= 0.3 is 6.18 Å². The van der Waals surface area contributed by atoms with Gasteiger partial charge in [-0.15, -0.1) is 0 Å². The largest absolute Gasteiger partial charge is 0.405 e. The van der Waals surface area contributed by atoms with E-state index in [1.807, 2.05) is 0 Å². The normalized spacial score (nSPS) is 13.4. The van der Waals surface area contributed by atoms with Crippen molar-refractivity contribution >= 4 is 5.91 Å². The number of rotatable bonds is 5. The lowest BCUT2D eigenvalue weighted by atomic mass is 10.3. The number of nitrogens with zero attached hydrogens (tertiary/aromatic N) is 1. The monoisotopic (exact) mass is 251 g/mol. The maximum Gasteiger partial charge on any atom is 0.405 e. The number of carbonyl (C=O) groups excluding carboxylic acids is 1. The maximum atomic E-state index is 11.8. The molecule has 0 fully saturated rings. The molecule has 0 saturated heterocycles. The molecule has 0 aliphatic rings. The van der Waals surface area contributed by atoms with Crippen LogP contribution in [0.1, 0.15) is 12.7 Å². The summed E-state index contributed by atoms with van der Waals surface area (Å²) in [5.41, 5.74) is 0. The van der Waals surface area contributed by atoms with E-state index in [1.54, 1.807) is 11.4 Å². The Kier molecular flexibility index (Phi) is 4.50. The molecule has 1 aromatic heterocycles. The van der Waals surface area contributed by atoms with Gasteiger partial charge in [0.15, 0.2) is 0 Å². The molecule has 96 valence electrons. The molecule has 0 radical (unpaired) electrons. The van der Waals surface area contributed by atoms with Crippen LogP contribution >= 0.6 is 0 Å². The Morgan fingerprint density at radius 3 is 2.82 bits per heavy atom. The van der Waals surface area contributed by atoms with Gasteiger partial charge in [-0.05, 0) is 6.92 Å². The maximum absolute atomic E-state index is 11.8. The quantitative estimate of drug-likeness (QED) is 0.813. The van der Waals surface area contributed by atoms with Crippen LogP contribution in [0.2, 0.25) is 0 Å². The predicted octanol–water partition coefficient (Wildman–Crippen LogP) is 0.831. The highest BCUT2D eigenvalue weighted by Gasteiger charge is 2.28. The van der Waals surface area contributed by atoms with Gasteiger partial charge in [-0.2, -0.15) is 13.2 Å². The van der Waals surface area contributed by atoms with Crippen molar-refractivity contribution in [1.82, 2.24) is 15.8 Å². The molecule has 0 bridgehead atoms.